The molecular weight excluding hydrogens is 442 g/mol. The fourth-order valence-corrected chi connectivity index (χ4v) is 3.37. The standard InChI is InChI=1S/C23H33N5O6/c1-11(2)19(28-21(31)18(24)13(4)29)22(32)27-17(20(30)26-12(3)23(33)34)9-14-10-25-16-8-6-5-7-15(14)16/h5-8,10-13,17-19,25,29H,9,24H2,1-4H3,(H,26,30)(H,27,32)(H,28,31)(H,33,34). The molecule has 11 heteroatoms. The molecule has 8 N–H and O–H groups in total. The number of carboxylic acid groups (broad SMARTS) is 1. The van der Waals surface area contributed by atoms with E-state index in [9.17, 15) is 24.3 Å². The first kappa shape index (κ1) is 26.8. The first-order valence-corrected chi connectivity index (χ1v) is 11.0. The van der Waals surface area contributed by atoms with E-state index in [0.29, 0.717) is 0 Å². The lowest BCUT2D eigenvalue weighted by atomic mass is 10.00. The molecule has 0 aliphatic rings. The summed E-state index contributed by atoms with van der Waals surface area (Å²) in [5.74, 6) is -3.60. The molecule has 0 aliphatic heterocycles. The molecule has 0 spiro atoms. The summed E-state index contributed by atoms with van der Waals surface area (Å²) in [6, 6.07) is 2.90. The summed E-state index contributed by atoms with van der Waals surface area (Å²) in [5.41, 5.74) is 7.27. The van der Waals surface area contributed by atoms with Crippen molar-refractivity contribution in [2.24, 2.45) is 11.7 Å². The van der Waals surface area contributed by atoms with Gasteiger partial charge >= 0.3 is 5.97 Å². The van der Waals surface area contributed by atoms with E-state index in [4.69, 9.17) is 10.8 Å². The number of nitrogens with two attached hydrogens (primary N) is 1. The molecule has 1 aromatic heterocycles. The van der Waals surface area contributed by atoms with Gasteiger partial charge in [0, 0.05) is 23.5 Å². The van der Waals surface area contributed by atoms with E-state index in [1.54, 1.807) is 20.0 Å². The Kier molecular flexibility index (Phi) is 9.16. The van der Waals surface area contributed by atoms with Crippen molar-refractivity contribution in [3.63, 3.8) is 0 Å². The highest BCUT2D eigenvalue weighted by Gasteiger charge is 2.32. The molecule has 5 atom stereocenters. The van der Waals surface area contributed by atoms with Crippen molar-refractivity contribution < 1.29 is 29.4 Å². The van der Waals surface area contributed by atoms with E-state index >= 15 is 0 Å². The maximum atomic E-state index is 13.1. The number of H-pyrrole nitrogens is 1. The molecule has 11 nitrogen and oxygen atoms in total. The van der Waals surface area contributed by atoms with E-state index in [0.717, 1.165) is 16.5 Å². The predicted octanol–water partition coefficient (Wildman–Crippen LogP) is -0.367. The first-order valence-electron chi connectivity index (χ1n) is 11.0. The van der Waals surface area contributed by atoms with Crippen LogP contribution < -0.4 is 21.7 Å². The molecule has 2 rings (SSSR count). The molecule has 0 aliphatic carbocycles. The van der Waals surface area contributed by atoms with Gasteiger partial charge in [-0.3, -0.25) is 19.2 Å². The zero-order chi connectivity index (χ0) is 25.6. The van der Waals surface area contributed by atoms with E-state index in [-0.39, 0.29) is 12.3 Å². The Labute approximate surface area is 197 Å². The van der Waals surface area contributed by atoms with Crippen molar-refractivity contribution in [1.29, 1.82) is 0 Å². The Balaban J connectivity index is 2.27. The number of benzene rings is 1. The third kappa shape index (κ3) is 6.78. The molecule has 1 heterocycles. The minimum Gasteiger partial charge on any atom is -0.480 e. The number of aromatic amines is 1. The Morgan fingerprint density at radius 1 is 0.971 bits per heavy atom. The summed E-state index contributed by atoms with van der Waals surface area (Å²) in [7, 11) is 0. The second-order valence-corrected chi connectivity index (χ2v) is 8.69. The van der Waals surface area contributed by atoms with E-state index in [1.807, 2.05) is 24.3 Å². The molecule has 34 heavy (non-hydrogen) atoms. The smallest absolute Gasteiger partial charge is 0.325 e. The molecule has 3 amide bonds. The summed E-state index contributed by atoms with van der Waals surface area (Å²) in [5, 5.41) is 27.1. The monoisotopic (exact) mass is 475 g/mol. The number of aliphatic carboxylic acids is 1. The number of aliphatic hydroxyl groups is 1. The number of carbonyl (C=O) groups excluding carboxylic acids is 3. The van der Waals surface area contributed by atoms with Gasteiger partial charge in [-0.1, -0.05) is 32.0 Å². The number of carbonyl (C=O) groups is 4. The lowest BCUT2D eigenvalue weighted by Crippen LogP contribution is -2.59. The van der Waals surface area contributed by atoms with Gasteiger partial charge in [-0.05, 0) is 31.4 Å². The molecule has 1 aromatic carbocycles. The Morgan fingerprint density at radius 3 is 2.21 bits per heavy atom. The molecule has 5 unspecified atom stereocenters. The summed E-state index contributed by atoms with van der Waals surface area (Å²) in [6.45, 7) is 6.10. The average molecular weight is 476 g/mol. The minimum atomic E-state index is -1.23. The quantitative estimate of drug-likeness (QED) is 0.231. The molecule has 2 aromatic rings. The first-order chi connectivity index (χ1) is 15.9. The van der Waals surface area contributed by atoms with Crippen molar-refractivity contribution in [3.8, 4) is 0 Å². The van der Waals surface area contributed by atoms with Gasteiger partial charge in [0.2, 0.25) is 17.7 Å². The summed E-state index contributed by atoms with van der Waals surface area (Å²) in [4.78, 5) is 52.7. The van der Waals surface area contributed by atoms with Gasteiger partial charge in [0.05, 0.1) is 6.10 Å². The maximum absolute atomic E-state index is 13.1. The highest BCUT2D eigenvalue weighted by Crippen LogP contribution is 2.19. The van der Waals surface area contributed by atoms with Crippen molar-refractivity contribution in [2.75, 3.05) is 0 Å². The van der Waals surface area contributed by atoms with Crippen LogP contribution in [0.3, 0.4) is 0 Å². The van der Waals surface area contributed by atoms with Crippen LogP contribution in [-0.2, 0) is 25.6 Å². The third-order valence-electron chi connectivity index (χ3n) is 5.53. The average Bonchev–Trinajstić information content (AvgIpc) is 3.18. The van der Waals surface area contributed by atoms with Crippen LogP contribution in [0.25, 0.3) is 10.9 Å². The van der Waals surface area contributed by atoms with Crippen LogP contribution in [0.2, 0.25) is 0 Å². The van der Waals surface area contributed by atoms with Gasteiger partial charge in [0.25, 0.3) is 0 Å². The second kappa shape index (κ2) is 11.6. The van der Waals surface area contributed by atoms with Crippen molar-refractivity contribution in [3.05, 3.63) is 36.0 Å². The van der Waals surface area contributed by atoms with Crippen LogP contribution in [0.15, 0.2) is 30.5 Å². The number of aliphatic hydroxyl groups excluding tert-OH is 1. The van der Waals surface area contributed by atoms with Crippen LogP contribution in [0.5, 0.6) is 0 Å². The van der Waals surface area contributed by atoms with E-state index in [2.05, 4.69) is 20.9 Å². The highest BCUT2D eigenvalue weighted by molar-refractivity contribution is 5.95. The topological polar surface area (TPSA) is 187 Å². The zero-order valence-electron chi connectivity index (χ0n) is 19.7. The number of amides is 3. The molecule has 0 saturated heterocycles. The fourth-order valence-electron chi connectivity index (χ4n) is 3.37. The van der Waals surface area contributed by atoms with Gasteiger partial charge in [0.15, 0.2) is 0 Å². The van der Waals surface area contributed by atoms with Gasteiger partial charge in [-0.2, -0.15) is 0 Å². The zero-order valence-corrected chi connectivity index (χ0v) is 19.7. The van der Waals surface area contributed by atoms with Crippen molar-refractivity contribution in [1.82, 2.24) is 20.9 Å². The summed E-state index contributed by atoms with van der Waals surface area (Å²) >= 11 is 0. The number of hydrogen-bond acceptors (Lipinski definition) is 6. The number of para-hydroxylation sites is 1. The lowest BCUT2D eigenvalue weighted by Gasteiger charge is -2.27. The molecule has 0 bridgehead atoms. The number of nitrogens with one attached hydrogen (secondary N) is 4. The summed E-state index contributed by atoms with van der Waals surface area (Å²) < 4.78 is 0. The number of rotatable bonds is 11. The largest absolute Gasteiger partial charge is 0.480 e. The number of aromatic nitrogens is 1. The van der Waals surface area contributed by atoms with Crippen molar-refractivity contribution >= 4 is 34.6 Å². The van der Waals surface area contributed by atoms with Crippen LogP contribution in [0.4, 0.5) is 0 Å². The van der Waals surface area contributed by atoms with E-state index < -0.39 is 54.0 Å². The highest BCUT2D eigenvalue weighted by atomic mass is 16.4. The summed E-state index contributed by atoms with van der Waals surface area (Å²) in [6.07, 6.45) is 0.690. The fraction of sp³-hybridized carbons (Fsp3) is 0.478. The second-order valence-electron chi connectivity index (χ2n) is 8.69. The Morgan fingerprint density at radius 2 is 1.62 bits per heavy atom. The van der Waals surface area contributed by atoms with Gasteiger partial charge in [-0.25, -0.2) is 0 Å². The normalized spacial score (nSPS) is 15.7. The Hall–Kier alpha value is -3.44. The molecule has 0 fully saturated rings. The molecule has 0 saturated carbocycles. The van der Waals surface area contributed by atoms with Gasteiger partial charge in [0.1, 0.15) is 24.2 Å². The van der Waals surface area contributed by atoms with Gasteiger partial charge in [-0.15, -0.1) is 0 Å². The lowest BCUT2D eigenvalue weighted by molar-refractivity contribution is -0.141. The molecule has 0 radical (unpaired) electrons. The molecular formula is C23H33N5O6. The molecule has 186 valence electrons. The number of hydrogen-bond donors (Lipinski definition) is 7. The minimum absolute atomic E-state index is 0.0832. The number of fused-ring (bicyclic) bond motifs is 1. The third-order valence-corrected chi connectivity index (χ3v) is 5.53. The van der Waals surface area contributed by atoms with Crippen LogP contribution in [0, 0.1) is 5.92 Å². The number of carboxylic acids is 1. The van der Waals surface area contributed by atoms with Crippen LogP contribution in [0.1, 0.15) is 33.3 Å². The van der Waals surface area contributed by atoms with Gasteiger partial charge < -0.3 is 36.9 Å². The SMILES string of the molecule is CC(NC(=O)C(Cc1c[nH]c2ccccc12)NC(=O)C(NC(=O)C(N)C(C)O)C(C)C)C(=O)O. The van der Waals surface area contributed by atoms with E-state index in [1.165, 1.54) is 13.8 Å². The van der Waals surface area contributed by atoms with Crippen molar-refractivity contribution in [2.45, 2.75) is 64.4 Å². The maximum Gasteiger partial charge on any atom is 0.325 e. The Bertz CT molecular complexity index is 1030. The predicted molar refractivity (Wildman–Crippen MR) is 126 cm³/mol. The van der Waals surface area contributed by atoms with Crippen LogP contribution >= 0.6 is 0 Å². The van der Waals surface area contributed by atoms with Crippen LogP contribution in [-0.4, -0.2) is 69.2 Å².